The molecule has 0 bridgehead atoms. The van der Waals surface area contributed by atoms with Crippen molar-refractivity contribution in [2.24, 2.45) is 0 Å². The van der Waals surface area contributed by atoms with Crippen LogP contribution in [0.3, 0.4) is 0 Å². The van der Waals surface area contributed by atoms with E-state index in [1.165, 1.54) is 23.7 Å². The number of likely N-dealkylation sites (N-methyl/N-ethyl adjacent to an activating group) is 1. The van der Waals surface area contributed by atoms with Crippen molar-refractivity contribution in [3.05, 3.63) is 23.8 Å². The summed E-state index contributed by atoms with van der Waals surface area (Å²) in [6.07, 6.45) is 0.412. The van der Waals surface area contributed by atoms with Gasteiger partial charge in [-0.15, -0.1) is 11.8 Å². The zero-order chi connectivity index (χ0) is 14.7. The van der Waals surface area contributed by atoms with Crippen molar-refractivity contribution >= 4 is 35.0 Å². The number of thioether (sulfide) groups is 1. The molecular formula is C14H16N2O3S. The second kappa shape index (κ2) is 6.09. The van der Waals surface area contributed by atoms with Gasteiger partial charge in [0.15, 0.2) is 5.78 Å². The molecular weight excluding hydrogens is 276 g/mol. The van der Waals surface area contributed by atoms with Gasteiger partial charge in [0.25, 0.3) is 0 Å². The first kappa shape index (κ1) is 14.6. The number of benzene rings is 1. The first-order valence-corrected chi connectivity index (χ1v) is 7.36. The predicted molar refractivity (Wildman–Crippen MR) is 78.2 cm³/mol. The first-order valence-electron chi connectivity index (χ1n) is 6.37. The Morgan fingerprint density at radius 3 is 2.80 bits per heavy atom. The summed E-state index contributed by atoms with van der Waals surface area (Å²) in [6, 6.07) is 5.31. The van der Waals surface area contributed by atoms with Crippen LogP contribution >= 0.6 is 11.8 Å². The monoisotopic (exact) mass is 292 g/mol. The van der Waals surface area contributed by atoms with E-state index in [0.29, 0.717) is 23.4 Å². The molecule has 1 N–H and O–H groups in total. The van der Waals surface area contributed by atoms with Gasteiger partial charge in [-0.05, 0) is 12.1 Å². The van der Waals surface area contributed by atoms with Crippen LogP contribution < -0.4 is 10.2 Å². The van der Waals surface area contributed by atoms with Crippen LogP contribution in [0.4, 0.5) is 5.69 Å². The lowest BCUT2D eigenvalue weighted by Gasteiger charge is -2.28. The molecule has 0 spiro atoms. The van der Waals surface area contributed by atoms with Crippen molar-refractivity contribution in [1.29, 1.82) is 0 Å². The Balaban J connectivity index is 2.39. The van der Waals surface area contributed by atoms with Gasteiger partial charge in [-0.2, -0.15) is 0 Å². The van der Waals surface area contributed by atoms with Gasteiger partial charge < -0.3 is 10.2 Å². The zero-order valence-corrected chi connectivity index (χ0v) is 12.3. The topological polar surface area (TPSA) is 66.5 Å². The van der Waals surface area contributed by atoms with Gasteiger partial charge in [0.05, 0.1) is 11.4 Å². The number of hydrogen-bond donors (Lipinski definition) is 1. The van der Waals surface area contributed by atoms with Gasteiger partial charge in [-0.25, -0.2) is 0 Å². The van der Waals surface area contributed by atoms with Crippen molar-refractivity contribution in [2.75, 3.05) is 24.2 Å². The summed E-state index contributed by atoms with van der Waals surface area (Å²) in [7, 11) is 1.53. The van der Waals surface area contributed by atoms with Gasteiger partial charge in [-0.3, -0.25) is 14.4 Å². The second-order valence-electron chi connectivity index (χ2n) is 4.40. The Morgan fingerprint density at radius 2 is 2.15 bits per heavy atom. The lowest BCUT2D eigenvalue weighted by atomic mass is 10.1. The minimum atomic E-state index is -0.233. The molecule has 1 heterocycles. The van der Waals surface area contributed by atoms with Crippen molar-refractivity contribution in [1.82, 2.24) is 5.32 Å². The van der Waals surface area contributed by atoms with E-state index < -0.39 is 0 Å². The van der Waals surface area contributed by atoms with Crippen molar-refractivity contribution in [2.45, 2.75) is 18.2 Å². The number of rotatable bonds is 4. The van der Waals surface area contributed by atoms with Crippen LogP contribution in [0.1, 0.15) is 23.7 Å². The van der Waals surface area contributed by atoms with E-state index in [1.54, 1.807) is 19.1 Å². The third-order valence-corrected chi connectivity index (χ3v) is 4.17. The Labute approximate surface area is 121 Å². The smallest absolute Gasteiger partial charge is 0.239 e. The highest BCUT2D eigenvalue weighted by Gasteiger charge is 2.27. The molecule has 0 atom stereocenters. The standard InChI is InChI=1S/C14H16N2O3S/c1-3-11(17)9-4-5-12-10(6-9)16(7-13(18)15-2)14(19)8-20-12/h4-6H,3,7-8H2,1-2H3,(H,15,18). The molecule has 0 saturated heterocycles. The number of Topliss-reactive ketones (excluding diaryl/α,β-unsaturated/α-hetero) is 1. The minimum absolute atomic E-state index is 0.0212. The average molecular weight is 292 g/mol. The van der Waals surface area contributed by atoms with E-state index in [1.807, 2.05) is 6.07 Å². The number of hydrogen-bond acceptors (Lipinski definition) is 4. The molecule has 2 amide bonds. The summed E-state index contributed by atoms with van der Waals surface area (Å²) in [5.41, 5.74) is 1.22. The SMILES string of the molecule is CCC(=O)c1ccc2c(c1)N(CC(=O)NC)C(=O)CS2. The van der Waals surface area contributed by atoms with Gasteiger partial charge in [0, 0.05) is 23.9 Å². The van der Waals surface area contributed by atoms with Gasteiger partial charge in [0.1, 0.15) is 6.54 Å². The highest BCUT2D eigenvalue weighted by molar-refractivity contribution is 8.00. The van der Waals surface area contributed by atoms with E-state index in [4.69, 9.17) is 0 Å². The molecule has 0 radical (unpaired) electrons. The second-order valence-corrected chi connectivity index (χ2v) is 5.42. The Bertz CT molecular complexity index is 572. The maximum absolute atomic E-state index is 12.0. The summed E-state index contributed by atoms with van der Waals surface area (Å²) in [6.45, 7) is 1.77. The maximum Gasteiger partial charge on any atom is 0.239 e. The summed E-state index contributed by atoms with van der Waals surface area (Å²) >= 11 is 1.43. The maximum atomic E-state index is 12.0. The summed E-state index contributed by atoms with van der Waals surface area (Å²) in [5.74, 6) is -0.0169. The lowest BCUT2D eigenvalue weighted by molar-refractivity contribution is -0.122. The summed E-state index contributed by atoms with van der Waals surface area (Å²) in [4.78, 5) is 37.7. The number of anilines is 1. The molecule has 0 unspecified atom stereocenters. The van der Waals surface area contributed by atoms with E-state index in [2.05, 4.69) is 5.32 Å². The number of nitrogens with one attached hydrogen (secondary N) is 1. The molecule has 1 aliphatic heterocycles. The molecule has 0 aliphatic carbocycles. The Kier molecular flexibility index (Phi) is 4.44. The molecule has 0 aromatic heterocycles. The molecule has 0 fully saturated rings. The average Bonchev–Trinajstić information content (AvgIpc) is 2.48. The molecule has 20 heavy (non-hydrogen) atoms. The number of carbonyl (C=O) groups excluding carboxylic acids is 3. The van der Waals surface area contributed by atoms with Crippen molar-refractivity contribution in [3.63, 3.8) is 0 Å². The predicted octanol–water partition coefficient (Wildman–Crippen LogP) is 1.46. The lowest BCUT2D eigenvalue weighted by Crippen LogP contribution is -2.42. The summed E-state index contributed by atoms with van der Waals surface area (Å²) < 4.78 is 0. The number of ketones is 1. The van der Waals surface area contributed by atoms with E-state index in [9.17, 15) is 14.4 Å². The van der Waals surface area contributed by atoms with Crippen molar-refractivity contribution < 1.29 is 14.4 Å². The van der Waals surface area contributed by atoms with Crippen LogP contribution in [0.2, 0.25) is 0 Å². The third kappa shape index (κ3) is 2.85. The highest BCUT2D eigenvalue weighted by Crippen LogP contribution is 2.36. The minimum Gasteiger partial charge on any atom is -0.358 e. The fourth-order valence-corrected chi connectivity index (χ4v) is 2.89. The first-order chi connectivity index (χ1) is 9.56. The molecule has 1 aliphatic rings. The molecule has 1 aromatic rings. The fraction of sp³-hybridized carbons (Fsp3) is 0.357. The Morgan fingerprint density at radius 1 is 1.40 bits per heavy atom. The normalized spacial score (nSPS) is 13.9. The molecule has 0 saturated carbocycles. The summed E-state index contributed by atoms with van der Waals surface area (Å²) in [5, 5.41) is 2.51. The molecule has 6 heteroatoms. The van der Waals surface area contributed by atoms with Crippen LogP contribution in [0.25, 0.3) is 0 Å². The van der Waals surface area contributed by atoms with Gasteiger partial charge in [0.2, 0.25) is 11.8 Å². The Hall–Kier alpha value is -1.82. The third-order valence-electron chi connectivity index (χ3n) is 3.13. The van der Waals surface area contributed by atoms with Crippen LogP contribution in [0.5, 0.6) is 0 Å². The molecule has 1 aromatic carbocycles. The van der Waals surface area contributed by atoms with Gasteiger partial charge >= 0.3 is 0 Å². The molecule has 2 rings (SSSR count). The van der Waals surface area contributed by atoms with E-state index >= 15 is 0 Å². The van der Waals surface area contributed by atoms with E-state index in [-0.39, 0.29) is 24.1 Å². The number of fused-ring (bicyclic) bond motifs is 1. The van der Waals surface area contributed by atoms with Crippen molar-refractivity contribution in [3.8, 4) is 0 Å². The number of amides is 2. The molecule has 106 valence electrons. The highest BCUT2D eigenvalue weighted by atomic mass is 32.2. The van der Waals surface area contributed by atoms with Crippen LogP contribution in [0.15, 0.2) is 23.1 Å². The van der Waals surface area contributed by atoms with E-state index in [0.717, 1.165) is 4.90 Å². The largest absolute Gasteiger partial charge is 0.358 e. The zero-order valence-electron chi connectivity index (χ0n) is 11.4. The van der Waals surface area contributed by atoms with Crippen LogP contribution in [0, 0.1) is 0 Å². The van der Waals surface area contributed by atoms with Gasteiger partial charge in [-0.1, -0.05) is 13.0 Å². The fourth-order valence-electron chi connectivity index (χ4n) is 1.98. The van der Waals surface area contributed by atoms with Crippen LogP contribution in [-0.4, -0.2) is 36.9 Å². The van der Waals surface area contributed by atoms with Crippen LogP contribution in [-0.2, 0) is 9.59 Å². The quantitative estimate of drug-likeness (QED) is 0.853. The number of nitrogens with zero attached hydrogens (tertiary/aromatic N) is 1. The molecule has 5 nitrogen and oxygen atoms in total. The number of carbonyl (C=O) groups is 3.